The van der Waals surface area contributed by atoms with Crippen LogP contribution >= 0.6 is 0 Å². The van der Waals surface area contributed by atoms with Crippen LogP contribution in [0, 0.1) is 0 Å². The van der Waals surface area contributed by atoms with Crippen LogP contribution in [0.1, 0.15) is 18.5 Å². The molecule has 0 spiro atoms. The molecule has 3 N–H and O–H groups in total. The van der Waals surface area contributed by atoms with Gasteiger partial charge in [0.25, 0.3) is 0 Å². The van der Waals surface area contributed by atoms with Crippen LogP contribution in [0.3, 0.4) is 0 Å². The maximum atomic E-state index is 11.5. The minimum Gasteiger partial charge on any atom is -0.493 e. The molecule has 0 saturated heterocycles. The van der Waals surface area contributed by atoms with Crippen LogP contribution in [-0.4, -0.2) is 49.8 Å². The molecule has 4 aromatic rings. The summed E-state index contributed by atoms with van der Waals surface area (Å²) >= 11 is 0. The van der Waals surface area contributed by atoms with E-state index in [1.165, 1.54) is 0 Å². The predicted octanol–water partition coefficient (Wildman–Crippen LogP) is 0.795. The number of nitrogens with one attached hydrogen (secondary N) is 2. The number of aromatic hydroxyl groups is 1. The number of imidazole rings is 1. The van der Waals surface area contributed by atoms with Gasteiger partial charge in [0.2, 0.25) is 5.88 Å². The van der Waals surface area contributed by atoms with Crippen molar-refractivity contribution in [2.24, 2.45) is 4.99 Å². The third-order valence-corrected chi connectivity index (χ3v) is 5.06. The predicted molar refractivity (Wildman–Crippen MR) is 113 cm³/mol. The Kier molecular flexibility index (Phi) is 4.16. The molecule has 1 saturated carbocycles. The zero-order valence-corrected chi connectivity index (χ0v) is 16.6. The lowest BCUT2D eigenvalue weighted by Gasteiger charge is -2.12. The van der Waals surface area contributed by atoms with Crippen molar-refractivity contribution in [3.63, 3.8) is 0 Å². The maximum Gasteiger partial charge on any atom is 0.326 e. The number of rotatable bonds is 4. The van der Waals surface area contributed by atoms with Crippen LogP contribution in [0.2, 0.25) is 0 Å². The molecule has 1 fully saturated rings. The summed E-state index contributed by atoms with van der Waals surface area (Å²) < 4.78 is 1.70. The van der Waals surface area contributed by atoms with E-state index in [0.717, 1.165) is 35.3 Å². The highest BCUT2D eigenvalue weighted by atomic mass is 16.3. The van der Waals surface area contributed by atoms with E-state index in [4.69, 9.17) is 9.98 Å². The molecule has 3 heterocycles. The average Bonchev–Trinajstić information content (AvgIpc) is 3.36. The maximum absolute atomic E-state index is 11.5. The lowest BCUT2D eigenvalue weighted by atomic mass is 10.1. The van der Waals surface area contributed by atoms with Gasteiger partial charge in [0, 0.05) is 36.6 Å². The lowest BCUT2D eigenvalue weighted by molar-refractivity contribution is 0.454. The first-order valence-electron chi connectivity index (χ1n) is 9.71. The molecule has 0 aliphatic heterocycles. The van der Waals surface area contributed by atoms with Gasteiger partial charge in [0.15, 0.2) is 11.1 Å². The number of fused-ring (bicyclic) bond motifs is 1. The number of aromatic nitrogens is 5. The molecule has 9 nitrogen and oxygen atoms in total. The van der Waals surface area contributed by atoms with Crippen molar-refractivity contribution in [1.82, 2.24) is 24.6 Å². The van der Waals surface area contributed by atoms with Gasteiger partial charge in [-0.05, 0) is 31.1 Å². The van der Waals surface area contributed by atoms with Crippen LogP contribution in [0.4, 0.5) is 5.69 Å². The van der Waals surface area contributed by atoms with Gasteiger partial charge in [-0.1, -0.05) is 12.1 Å². The van der Waals surface area contributed by atoms with Gasteiger partial charge in [-0.15, -0.1) is 0 Å². The Morgan fingerprint density at radius 3 is 2.63 bits per heavy atom. The molecule has 0 bridgehead atoms. The van der Waals surface area contributed by atoms with Crippen molar-refractivity contribution < 1.29 is 5.11 Å². The van der Waals surface area contributed by atoms with Crippen molar-refractivity contribution in [2.75, 3.05) is 19.0 Å². The van der Waals surface area contributed by atoms with Gasteiger partial charge in [-0.3, -0.25) is 9.98 Å². The molecule has 30 heavy (non-hydrogen) atoms. The smallest absolute Gasteiger partial charge is 0.326 e. The number of aromatic amines is 2. The van der Waals surface area contributed by atoms with Crippen LogP contribution in [-0.2, 0) is 0 Å². The Balaban J connectivity index is 1.72. The number of benzene rings is 1. The zero-order valence-electron chi connectivity index (χ0n) is 16.6. The quantitative estimate of drug-likeness (QED) is 0.466. The molecule has 1 aliphatic carbocycles. The van der Waals surface area contributed by atoms with E-state index in [2.05, 4.69) is 15.1 Å². The minimum atomic E-state index is -0.478. The summed E-state index contributed by atoms with van der Waals surface area (Å²) in [6, 6.07) is 10.4. The molecule has 1 aliphatic rings. The summed E-state index contributed by atoms with van der Waals surface area (Å²) in [4.78, 5) is 28.0. The van der Waals surface area contributed by atoms with Gasteiger partial charge in [0.05, 0.1) is 17.9 Å². The normalized spacial score (nSPS) is 15.3. The highest BCUT2D eigenvalue weighted by Crippen LogP contribution is 2.23. The molecule has 0 unspecified atom stereocenters. The molecule has 3 aromatic heterocycles. The number of nitrogens with zero attached hydrogens (tertiary/aromatic N) is 5. The third kappa shape index (κ3) is 3.34. The fourth-order valence-electron chi connectivity index (χ4n) is 3.27. The topological polar surface area (TPSA) is 115 Å². The van der Waals surface area contributed by atoms with Crippen molar-refractivity contribution in [3.8, 4) is 17.1 Å². The number of H-pyrrole nitrogens is 2. The molecule has 5 rings (SSSR count). The Bertz CT molecular complexity index is 1410. The van der Waals surface area contributed by atoms with E-state index < -0.39 is 5.69 Å². The Morgan fingerprint density at radius 2 is 2.00 bits per heavy atom. The van der Waals surface area contributed by atoms with Crippen molar-refractivity contribution in [2.45, 2.75) is 18.9 Å². The lowest BCUT2D eigenvalue weighted by Crippen LogP contribution is -2.19. The molecular weight excluding hydrogens is 382 g/mol. The Labute approximate surface area is 171 Å². The highest BCUT2D eigenvalue weighted by Gasteiger charge is 2.20. The SMILES string of the molecule is CN(C)c1ccc(-c2cc(=NC3CC3)n3ncc(=Cc4[nH]c(=O)[nH]c4O)c3n2)cc1. The van der Waals surface area contributed by atoms with E-state index in [1.54, 1.807) is 16.8 Å². The van der Waals surface area contributed by atoms with Gasteiger partial charge in [-0.25, -0.2) is 9.78 Å². The summed E-state index contributed by atoms with van der Waals surface area (Å²) in [7, 11) is 4.00. The van der Waals surface area contributed by atoms with Gasteiger partial charge < -0.3 is 15.0 Å². The number of hydrogen-bond donors (Lipinski definition) is 3. The van der Waals surface area contributed by atoms with E-state index in [1.807, 2.05) is 49.3 Å². The first-order chi connectivity index (χ1) is 14.5. The molecule has 1 aromatic carbocycles. The van der Waals surface area contributed by atoms with E-state index in [0.29, 0.717) is 16.9 Å². The van der Waals surface area contributed by atoms with Crippen molar-refractivity contribution in [1.29, 1.82) is 0 Å². The Hall–Kier alpha value is -3.88. The van der Waals surface area contributed by atoms with Crippen molar-refractivity contribution in [3.05, 3.63) is 63.4 Å². The number of anilines is 1. The first-order valence-corrected chi connectivity index (χ1v) is 9.71. The van der Waals surface area contributed by atoms with Crippen LogP contribution in [0.5, 0.6) is 5.88 Å². The molecular formula is C21H21N7O2. The van der Waals surface area contributed by atoms with Crippen LogP contribution < -0.4 is 21.3 Å². The second kappa shape index (κ2) is 6.87. The number of hydrogen-bond acceptors (Lipinski definition) is 6. The summed E-state index contributed by atoms with van der Waals surface area (Å²) in [6.45, 7) is 0. The highest BCUT2D eigenvalue weighted by molar-refractivity contribution is 5.65. The molecule has 0 amide bonds. The average molecular weight is 403 g/mol. The fourth-order valence-corrected chi connectivity index (χ4v) is 3.27. The molecule has 0 atom stereocenters. The summed E-state index contributed by atoms with van der Waals surface area (Å²) in [5.41, 5.74) is 4.00. The molecule has 152 valence electrons. The van der Waals surface area contributed by atoms with Gasteiger partial charge in [-0.2, -0.15) is 9.61 Å². The largest absolute Gasteiger partial charge is 0.493 e. The van der Waals surface area contributed by atoms with Crippen LogP contribution in [0.25, 0.3) is 23.0 Å². The fraction of sp³-hybridized carbons (Fsp3) is 0.238. The third-order valence-electron chi connectivity index (χ3n) is 5.06. The summed E-state index contributed by atoms with van der Waals surface area (Å²) in [5, 5.41) is 15.0. The standard InChI is InChI=1S/C21H21N7O2/c1-27(2)15-7-3-12(4-8-15)16-10-18(23-14-5-6-14)28-19(24-16)13(11-22-28)9-17-20(29)26-21(30)25-17/h3-4,7-11,14,29H,5-6H2,1-2H3,(H2,25,26,30). The molecule has 9 heteroatoms. The van der Waals surface area contributed by atoms with Gasteiger partial charge in [0.1, 0.15) is 5.69 Å². The van der Waals surface area contributed by atoms with E-state index >= 15 is 0 Å². The summed E-state index contributed by atoms with van der Waals surface area (Å²) in [6.07, 6.45) is 5.45. The van der Waals surface area contributed by atoms with Crippen molar-refractivity contribution >= 4 is 17.4 Å². The second-order valence-electron chi connectivity index (χ2n) is 7.62. The molecule has 0 radical (unpaired) electrons. The van der Waals surface area contributed by atoms with Crippen LogP contribution in [0.15, 0.2) is 46.3 Å². The van der Waals surface area contributed by atoms with Gasteiger partial charge >= 0.3 is 5.69 Å². The Morgan fingerprint density at radius 1 is 1.23 bits per heavy atom. The second-order valence-corrected chi connectivity index (χ2v) is 7.62. The zero-order chi connectivity index (χ0) is 20.8. The monoisotopic (exact) mass is 403 g/mol. The first kappa shape index (κ1) is 18.2. The minimum absolute atomic E-state index is 0.224. The summed E-state index contributed by atoms with van der Waals surface area (Å²) in [5.74, 6) is -0.224. The van der Waals surface area contributed by atoms with E-state index in [9.17, 15) is 9.90 Å². The van der Waals surface area contributed by atoms with E-state index in [-0.39, 0.29) is 11.6 Å².